The highest BCUT2D eigenvalue weighted by molar-refractivity contribution is 7.98. The van der Waals surface area contributed by atoms with Crippen molar-refractivity contribution in [2.24, 2.45) is 5.92 Å². The summed E-state index contributed by atoms with van der Waals surface area (Å²) in [6.45, 7) is 6.07. The van der Waals surface area contributed by atoms with Gasteiger partial charge in [0.25, 0.3) is 10.0 Å². The van der Waals surface area contributed by atoms with E-state index in [-0.39, 0.29) is 22.6 Å². The van der Waals surface area contributed by atoms with Gasteiger partial charge in [-0.1, -0.05) is 19.9 Å². The molecule has 1 saturated heterocycles. The number of thioether (sulfide) groups is 1. The Morgan fingerprint density at radius 2 is 1.90 bits per heavy atom. The number of rotatable bonds is 7. The minimum atomic E-state index is -3.90. The van der Waals surface area contributed by atoms with Gasteiger partial charge in [-0.15, -0.1) is 11.8 Å². The second-order valence-electron chi connectivity index (χ2n) is 7.76. The van der Waals surface area contributed by atoms with Gasteiger partial charge in [0.1, 0.15) is 0 Å². The van der Waals surface area contributed by atoms with Crippen LogP contribution in [-0.4, -0.2) is 33.0 Å². The number of amides is 2. The molecule has 0 spiro atoms. The van der Waals surface area contributed by atoms with Crippen LogP contribution in [0.15, 0.2) is 46.2 Å². The molecule has 0 atom stereocenters. The highest BCUT2D eigenvalue weighted by Gasteiger charge is 2.24. The zero-order valence-corrected chi connectivity index (χ0v) is 19.7. The number of hydrogen-bond acceptors (Lipinski definition) is 5. The van der Waals surface area contributed by atoms with E-state index in [1.54, 1.807) is 43.0 Å². The number of aryl methyl sites for hydroxylation is 1. The largest absolute Gasteiger partial charge is 0.325 e. The molecule has 0 saturated carbocycles. The molecule has 0 aliphatic carbocycles. The number of sulfonamides is 1. The number of nitrogens with one attached hydrogen (secondary N) is 2. The quantitative estimate of drug-likeness (QED) is 0.602. The third-order valence-electron chi connectivity index (χ3n) is 5.09. The van der Waals surface area contributed by atoms with Crippen molar-refractivity contribution in [1.82, 2.24) is 0 Å². The summed E-state index contributed by atoms with van der Waals surface area (Å²) < 4.78 is 28.7. The van der Waals surface area contributed by atoms with Gasteiger partial charge in [-0.3, -0.25) is 14.3 Å². The Bertz CT molecular complexity index is 1110. The van der Waals surface area contributed by atoms with E-state index in [1.165, 1.54) is 23.9 Å². The van der Waals surface area contributed by atoms with Crippen molar-refractivity contribution in [1.29, 1.82) is 0 Å². The predicted octanol–water partition coefficient (Wildman–Crippen LogP) is 4.24. The van der Waals surface area contributed by atoms with Gasteiger partial charge in [-0.25, -0.2) is 8.42 Å². The maximum atomic E-state index is 13.0. The average molecular weight is 462 g/mol. The van der Waals surface area contributed by atoms with Crippen LogP contribution in [-0.2, 0) is 19.6 Å². The molecule has 2 aromatic rings. The van der Waals surface area contributed by atoms with Crippen LogP contribution in [0.5, 0.6) is 0 Å². The Morgan fingerprint density at radius 3 is 2.52 bits per heavy atom. The smallest absolute Gasteiger partial charge is 0.261 e. The molecule has 166 valence electrons. The summed E-state index contributed by atoms with van der Waals surface area (Å²) in [5, 5.41) is 2.80. The van der Waals surface area contributed by atoms with Crippen LogP contribution < -0.4 is 14.9 Å². The Morgan fingerprint density at radius 1 is 1.16 bits per heavy atom. The van der Waals surface area contributed by atoms with Gasteiger partial charge >= 0.3 is 0 Å². The van der Waals surface area contributed by atoms with Crippen LogP contribution in [0.25, 0.3) is 0 Å². The summed E-state index contributed by atoms with van der Waals surface area (Å²) >= 11 is 1.42. The van der Waals surface area contributed by atoms with E-state index < -0.39 is 10.0 Å². The summed E-state index contributed by atoms with van der Waals surface area (Å²) in [7, 11) is -3.90. The van der Waals surface area contributed by atoms with Gasteiger partial charge in [-0.2, -0.15) is 0 Å². The molecule has 2 N–H and O–H groups in total. The summed E-state index contributed by atoms with van der Waals surface area (Å²) in [6.07, 6.45) is 3.16. The maximum Gasteiger partial charge on any atom is 0.261 e. The molecule has 1 aliphatic rings. The number of carbonyl (C=O) groups excluding carboxylic acids is 2. The summed E-state index contributed by atoms with van der Waals surface area (Å²) in [5.74, 6) is -0.370. The van der Waals surface area contributed by atoms with Gasteiger partial charge < -0.3 is 10.2 Å². The van der Waals surface area contributed by atoms with Crippen LogP contribution in [0, 0.1) is 12.8 Å². The fraction of sp³-hybridized carbons (Fsp3) is 0.364. The highest BCUT2D eigenvalue weighted by Crippen LogP contribution is 2.31. The van der Waals surface area contributed by atoms with Crippen LogP contribution in [0.1, 0.15) is 32.3 Å². The SMILES string of the molecule is CSc1ccc(S(=O)(=O)Nc2ccc(C)c(N3CCCC3=O)c2)cc1NC(=O)C(C)C. The van der Waals surface area contributed by atoms with E-state index in [4.69, 9.17) is 0 Å². The second kappa shape index (κ2) is 9.32. The lowest BCUT2D eigenvalue weighted by molar-refractivity contribution is -0.119. The first kappa shape index (κ1) is 23.1. The standard InChI is InChI=1S/C22H27N3O4S2/c1-14(2)22(27)23-18-13-17(9-10-20(18)30-4)31(28,29)24-16-8-7-15(3)19(12-16)25-11-5-6-21(25)26/h7-10,12-14,24H,5-6,11H2,1-4H3,(H,23,27). The molecule has 2 amide bonds. The van der Waals surface area contributed by atoms with Gasteiger partial charge in [0.05, 0.1) is 16.3 Å². The molecule has 1 fully saturated rings. The molecular formula is C22H27N3O4S2. The van der Waals surface area contributed by atoms with Crippen LogP contribution in [0.2, 0.25) is 0 Å². The number of hydrogen-bond donors (Lipinski definition) is 2. The molecule has 7 nitrogen and oxygen atoms in total. The number of anilines is 3. The van der Waals surface area contributed by atoms with Crippen molar-refractivity contribution < 1.29 is 18.0 Å². The highest BCUT2D eigenvalue weighted by atomic mass is 32.2. The summed E-state index contributed by atoms with van der Waals surface area (Å²) in [5.41, 5.74) is 2.45. The summed E-state index contributed by atoms with van der Waals surface area (Å²) in [4.78, 5) is 26.8. The minimum absolute atomic E-state index is 0.0429. The van der Waals surface area contributed by atoms with E-state index in [9.17, 15) is 18.0 Å². The summed E-state index contributed by atoms with van der Waals surface area (Å²) in [6, 6.07) is 9.82. The van der Waals surface area contributed by atoms with Crippen molar-refractivity contribution in [3.8, 4) is 0 Å². The Hall–Kier alpha value is -2.52. The van der Waals surface area contributed by atoms with E-state index >= 15 is 0 Å². The lowest BCUT2D eigenvalue weighted by Gasteiger charge is -2.20. The molecule has 1 heterocycles. The van der Waals surface area contributed by atoms with Gasteiger partial charge in [0.2, 0.25) is 11.8 Å². The molecule has 2 aromatic carbocycles. The molecular weight excluding hydrogens is 434 g/mol. The zero-order valence-electron chi connectivity index (χ0n) is 18.1. The normalized spacial score (nSPS) is 14.2. The fourth-order valence-electron chi connectivity index (χ4n) is 3.31. The number of benzene rings is 2. The first-order chi connectivity index (χ1) is 14.6. The van der Waals surface area contributed by atoms with Crippen LogP contribution in [0.4, 0.5) is 17.1 Å². The van der Waals surface area contributed by atoms with Crippen LogP contribution in [0.3, 0.4) is 0 Å². The topological polar surface area (TPSA) is 95.6 Å². The molecule has 9 heteroatoms. The monoisotopic (exact) mass is 461 g/mol. The Balaban J connectivity index is 1.90. The van der Waals surface area contributed by atoms with Crippen LogP contribution >= 0.6 is 11.8 Å². The first-order valence-electron chi connectivity index (χ1n) is 10.0. The minimum Gasteiger partial charge on any atom is -0.325 e. The molecule has 0 radical (unpaired) electrons. The molecule has 0 unspecified atom stereocenters. The number of nitrogens with zero attached hydrogens (tertiary/aromatic N) is 1. The predicted molar refractivity (Wildman–Crippen MR) is 125 cm³/mol. The second-order valence-corrected chi connectivity index (χ2v) is 10.3. The van der Waals surface area contributed by atoms with Crippen molar-refractivity contribution >= 4 is 50.7 Å². The van der Waals surface area contributed by atoms with Gasteiger partial charge in [-0.05, 0) is 55.5 Å². The van der Waals surface area contributed by atoms with Crippen molar-refractivity contribution in [2.75, 3.05) is 27.7 Å². The molecule has 3 rings (SSSR count). The van der Waals surface area contributed by atoms with E-state index in [1.807, 2.05) is 13.2 Å². The lowest BCUT2D eigenvalue weighted by atomic mass is 10.1. The lowest BCUT2D eigenvalue weighted by Crippen LogP contribution is -2.24. The molecule has 31 heavy (non-hydrogen) atoms. The third kappa shape index (κ3) is 5.22. The van der Waals surface area contributed by atoms with Crippen molar-refractivity contribution in [3.63, 3.8) is 0 Å². The Kier molecular flexibility index (Phi) is 6.96. The van der Waals surface area contributed by atoms with Gasteiger partial charge in [0.15, 0.2) is 0 Å². The molecule has 1 aliphatic heterocycles. The fourth-order valence-corrected chi connectivity index (χ4v) is 4.92. The number of carbonyl (C=O) groups is 2. The van der Waals surface area contributed by atoms with E-state index in [0.717, 1.165) is 16.9 Å². The van der Waals surface area contributed by atoms with Gasteiger partial charge in [0, 0.05) is 29.5 Å². The van der Waals surface area contributed by atoms with Crippen molar-refractivity contribution in [2.45, 2.75) is 43.4 Å². The zero-order chi connectivity index (χ0) is 22.8. The maximum absolute atomic E-state index is 13.0. The molecule has 0 aromatic heterocycles. The molecule has 0 bridgehead atoms. The van der Waals surface area contributed by atoms with E-state index in [0.29, 0.717) is 30.0 Å². The third-order valence-corrected chi connectivity index (χ3v) is 7.26. The average Bonchev–Trinajstić information content (AvgIpc) is 3.14. The first-order valence-corrected chi connectivity index (χ1v) is 12.8. The Labute approximate surface area is 187 Å². The van der Waals surface area contributed by atoms with E-state index in [2.05, 4.69) is 10.0 Å². The van der Waals surface area contributed by atoms with Crippen molar-refractivity contribution in [3.05, 3.63) is 42.0 Å².